The summed E-state index contributed by atoms with van der Waals surface area (Å²) in [5, 5.41) is 0.420. The zero-order valence-electron chi connectivity index (χ0n) is 17.2. The predicted octanol–water partition coefficient (Wildman–Crippen LogP) is 2.07. The number of methoxy groups -OCH3 is 1. The smallest absolute Gasteiger partial charge is 0.291 e. The van der Waals surface area contributed by atoms with Gasteiger partial charge in [0.05, 0.1) is 37.0 Å². The molecule has 2 aliphatic rings. The van der Waals surface area contributed by atoms with Gasteiger partial charge in [0.15, 0.2) is 5.43 Å². The van der Waals surface area contributed by atoms with Crippen molar-refractivity contribution in [1.82, 2.24) is 14.8 Å². The van der Waals surface area contributed by atoms with E-state index in [1.165, 1.54) is 0 Å². The minimum absolute atomic E-state index is 0.0865. The lowest BCUT2D eigenvalue weighted by Gasteiger charge is -2.30. The number of benzene rings is 1. The van der Waals surface area contributed by atoms with E-state index in [4.69, 9.17) is 13.9 Å². The van der Waals surface area contributed by atoms with Gasteiger partial charge in [-0.25, -0.2) is 0 Å². The van der Waals surface area contributed by atoms with Crippen molar-refractivity contribution in [3.8, 4) is 5.75 Å². The number of amides is 1. The van der Waals surface area contributed by atoms with Gasteiger partial charge in [-0.2, -0.15) is 0 Å². The first-order valence-corrected chi connectivity index (χ1v) is 10.3. The molecule has 3 aromatic rings. The summed E-state index contributed by atoms with van der Waals surface area (Å²) in [6.45, 7) is 4.17. The molecule has 0 bridgehead atoms. The maximum absolute atomic E-state index is 13.5. The molecule has 1 fully saturated rings. The summed E-state index contributed by atoms with van der Waals surface area (Å²) in [4.78, 5) is 35.3. The Kier molecular flexibility index (Phi) is 5.17. The Morgan fingerprint density at radius 1 is 1.13 bits per heavy atom. The van der Waals surface area contributed by atoms with E-state index in [0.29, 0.717) is 54.3 Å². The Labute approximate surface area is 179 Å². The van der Waals surface area contributed by atoms with Crippen molar-refractivity contribution in [2.24, 2.45) is 0 Å². The van der Waals surface area contributed by atoms with Crippen LogP contribution < -0.4 is 10.2 Å². The van der Waals surface area contributed by atoms with Gasteiger partial charge in [-0.3, -0.25) is 19.5 Å². The highest BCUT2D eigenvalue weighted by Gasteiger charge is 2.43. The molecular formula is C23H23N3O5. The van der Waals surface area contributed by atoms with Crippen molar-refractivity contribution < 1.29 is 18.7 Å². The lowest BCUT2D eigenvalue weighted by atomic mass is 10.0. The first-order chi connectivity index (χ1) is 15.2. The Morgan fingerprint density at radius 3 is 2.71 bits per heavy atom. The zero-order chi connectivity index (χ0) is 21.4. The Hall–Kier alpha value is -3.23. The molecule has 0 radical (unpaired) electrons. The number of rotatable bonds is 5. The number of ether oxygens (including phenoxy) is 2. The third-order valence-corrected chi connectivity index (χ3v) is 5.90. The zero-order valence-corrected chi connectivity index (χ0v) is 17.2. The predicted molar refractivity (Wildman–Crippen MR) is 113 cm³/mol. The van der Waals surface area contributed by atoms with Crippen LogP contribution in [0.15, 0.2) is 51.8 Å². The van der Waals surface area contributed by atoms with Crippen LogP contribution in [0.5, 0.6) is 5.75 Å². The van der Waals surface area contributed by atoms with Gasteiger partial charge >= 0.3 is 0 Å². The van der Waals surface area contributed by atoms with Gasteiger partial charge in [0.1, 0.15) is 17.4 Å². The molecule has 8 heteroatoms. The van der Waals surface area contributed by atoms with E-state index in [-0.39, 0.29) is 17.1 Å². The van der Waals surface area contributed by atoms with E-state index < -0.39 is 6.04 Å². The van der Waals surface area contributed by atoms with E-state index in [0.717, 1.165) is 13.1 Å². The number of hydrogen-bond donors (Lipinski definition) is 0. The second-order valence-electron chi connectivity index (χ2n) is 7.65. The highest BCUT2D eigenvalue weighted by atomic mass is 16.5. The SMILES string of the molecule is COc1ccc2c(=O)c3c(oc2c1)C(=O)N(CCN1CCOCC1)[C@H]3c1ccccn1. The molecule has 0 aliphatic carbocycles. The minimum Gasteiger partial charge on any atom is -0.497 e. The fourth-order valence-electron chi connectivity index (χ4n) is 4.28. The molecule has 0 saturated carbocycles. The summed E-state index contributed by atoms with van der Waals surface area (Å²) >= 11 is 0. The second-order valence-corrected chi connectivity index (χ2v) is 7.65. The molecule has 0 N–H and O–H groups in total. The molecule has 8 nitrogen and oxygen atoms in total. The highest BCUT2D eigenvalue weighted by Crippen LogP contribution is 2.37. The lowest BCUT2D eigenvalue weighted by molar-refractivity contribution is 0.0314. The molecule has 2 aliphatic heterocycles. The molecule has 2 aromatic heterocycles. The average Bonchev–Trinajstić information content (AvgIpc) is 3.10. The number of morpholine rings is 1. The number of pyridine rings is 1. The summed E-state index contributed by atoms with van der Waals surface area (Å²) in [5.41, 5.74) is 1.13. The first kappa shape index (κ1) is 19.7. The van der Waals surface area contributed by atoms with Crippen LogP contribution in [-0.2, 0) is 4.74 Å². The van der Waals surface area contributed by atoms with Crippen LogP contribution in [-0.4, -0.2) is 67.2 Å². The normalized spacial score (nSPS) is 19.1. The van der Waals surface area contributed by atoms with E-state index in [1.807, 2.05) is 18.2 Å². The van der Waals surface area contributed by atoms with Gasteiger partial charge in [0, 0.05) is 38.4 Å². The monoisotopic (exact) mass is 421 g/mol. The van der Waals surface area contributed by atoms with Crippen molar-refractivity contribution in [1.29, 1.82) is 0 Å². The van der Waals surface area contributed by atoms with Gasteiger partial charge in [0.25, 0.3) is 5.91 Å². The van der Waals surface area contributed by atoms with Crippen molar-refractivity contribution in [3.05, 3.63) is 69.8 Å². The fourth-order valence-corrected chi connectivity index (χ4v) is 4.28. The largest absolute Gasteiger partial charge is 0.497 e. The number of carbonyl (C=O) groups is 1. The molecular weight excluding hydrogens is 398 g/mol. The van der Waals surface area contributed by atoms with Crippen molar-refractivity contribution in [2.75, 3.05) is 46.5 Å². The van der Waals surface area contributed by atoms with Crippen molar-refractivity contribution >= 4 is 16.9 Å². The molecule has 1 aromatic carbocycles. The molecule has 1 atom stereocenters. The van der Waals surface area contributed by atoms with Gasteiger partial charge < -0.3 is 18.8 Å². The quantitative estimate of drug-likeness (QED) is 0.624. The third kappa shape index (κ3) is 3.47. The minimum atomic E-state index is -0.576. The Bertz CT molecular complexity index is 1170. The summed E-state index contributed by atoms with van der Waals surface area (Å²) in [6.07, 6.45) is 1.67. The van der Waals surface area contributed by atoms with Crippen LogP contribution in [0.2, 0.25) is 0 Å². The topological polar surface area (TPSA) is 85.1 Å². The molecule has 5 rings (SSSR count). The fraction of sp³-hybridized carbons (Fsp3) is 0.348. The molecule has 1 amide bonds. The van der Waals surface area contributed by atoms with Crippen molar-refractivity contribution in [2.45, 2.75) is 6.04 Å². The van der Waals surface area contributed by atoms with Crippen LogP contribution in [0.25, 0.3) is 11.0 Å². The van der Waals surface area contributed by atoms with Gasteiger partial charge in [-0.05, 0) is 24.3 Å². The molecule has 0 spiro atoms. The summed E-state index contributed by atoms with van der Waals surface area (Å²) in [5.74, 6) is 0.357. The summed E-state index contributed by atoms with van der Waals surface area (Å²) < 4.78 is 16.6. The van der Waals surface area contributed by atoms with Crippen LogP contribution in [0, 0.1) is 0 Å². The number of hydrogen-bond acceptors (Lipinski definition) is 7. The van der Waals surface area contributed by atoms with Gasteiger partial charge in [-0.15, -0.1) is 0 Å². The number of carbonyl (C=O) groups excluding carboxylic acids is 1. The van der Waals surface area contributed by atoms with E-state index in [1.54, 1.807) is 36.4 Å². The van der Waals surface area contributed by atoms with E-state index >= 15 is 0 Å². The second kappa shape index (κ2) is 8.13. The van der Waals surface area contributed by atoms with Crippen molar-refractivity contribution in [3.63, 3.8) is 0 Å². The van der Waals surface area contributed by atoms with Crippen LogP contribution >= 0.6 is 0 Å². The number of nitrogens with zero attached hydrogens (tertiary/aromatic N) is 3. The van der Waals surface area contributed by atoms with Crippen LogP contribution in [0.1, 0.15) is 27.9 Å². The number of fused-ring (bicyclic) bond motifs is 2. The molecule has 4 heterocycles. The van der Waals surface area contributed by atoms with E-state index in [9.17, 15) is 9.59 Å². The summed E-state index contributed by atoms with van der Waals surface area (Å²) in [6, 6.07) is 9.97. The molecule has 160 valence electrons. The molecule has 0 unspecified atom stereocenters. The third-order valence-electron chi connectivity index (χ3n) is 5.90. The Balaban J connectivity index is 1.59. The number of aromatic nitrogens is 1. The lowest BCUT2D eigenvalue weighted by Crippen LogP contribution is -2.42. The summed E-state index contributed by atoms with van der Waals surface area (Å²) in [7, 11) is 1.54. The maximum Gasteiger partial charge on any atom is 0.291 e. The molecule has 1 saturated heterocycles. The maximum atomic E-state index is 13.5. The highest BCUT2D eigenvalue weighted by molar-refractivity contribution is 5.99. The molecule has 31 heavy (non-hydrogen) atoms. The van der Waals surface area contributed by atoms with Crippen LogP contribution in [0.3, 0.4) is 0 Å². The first-order valence-electron chi connectivity index (χ1n) is 10.3. The standard InChI is InChI=1S/C23H23N3O5/c1-29-15-5-6-16-18(14-15)31-22-19(21(16)27)20(17-4-2-3-7-24-17)26(23(22)28)9-8-25-10-12-30-13-11-25/h2-7,14,20H,8-13H2,1H3/t20-/m0/s1. The van der Waals surface area contributed by atoms with E-state index in [2.05, 4.69) is 9.88 Å². The van der Waals surface area contributed by atoms with Crippen LogP contribution in [0.4, 0.5) is 0 Å². The average molecular weight is 421 g/mol. The Morgan fingerprint density at radius 2 is 1.97 bits per heavy atom. The van der Waals surface area contributed by atoms with Gasteiger partial charge in [-0.1, -0.05) is 6.07 Å². The van der Waals surface area contributed by atoms with Gasteiger partial charge in [0.2, 0.25) is 5.76 Å².